The smallest absolute Gasteiger partial charge is 0.305 e. The first-order valence-corrected chi connectivity index (χ1v) is 30.3. The van der Waals surface area contributed by atoms with Gasteiger partial charge in [0.25, 0.3) is 0 Å². The molecular formula is C62H117NO5. The zero-order valence-corrected chi connectivity index (χ0v) is 45.6. The molecule has 68 heavy (non-hydrogen) atoms. The lowest BCUT2D eigenvalue weighted by Gasteiger charge is -2.20. The van der Waals surface area contributed by atoms with Crippen LogP contribution in [0.4, 0.5) is 0 Å². The van der Waals surface area contributed by atoms with E-state index in [-0.39, 0.29) is 18.5 Å². The molecule has 0 rings (SSSR count). The van der Waals surface area contributed by atoms with Gasteiger partial charge in [0.05, 0.1) is 25.4 Å². The van der Waals surface area contributed by atoms with Gasteiger partial charge in [-0.15, -0.1) is 0 Å². The van der Waals surface area contributed by atoms with E-state index < -0.39 is 12.1 Å². The number of aliphatic hydroxyl groups is 2. The number of hydrogen-bond donors (Lipinski definition) is 3. The molecule has 3 N–H and O–H groups in total. The molecule has 0 radical (unpaired) electrons. The fourth-order valence-electron chi connectivity index (χ4n) is 9.21. The van der Waals surface area contributed by atoms with E-state index in [0.29, 0.717) is 19.4 Å². The fraction of sp³-hybridized carbons (Fsp3) is 0.871. The largest absolute Gasteiger partial charge is 0.466 e. The van der Waals surface area contributed by atoms with Gasteiger partial charge < -0.3 is 20.3 Å². The first-order valence-electron chi connectivity index (χ1n) is 30.3. The Morgan fingerprint density at radius 1 is 0.397 bits per heavy atom. The predicted molar refractivity (Wildman–Crippen MR) is 296 cm³/mol. The van der Waals surface area contributed by atoms with E-state index in [9.17, 15) is 19.8 Å². The molecule has 0 aromatic carbocycles. The molecule has 0 aliphatic heterocycles. The maximum absolute atomic E-state index is 12.4. The van der Waals surface area contributed by atoms with Crippen LogP contribution in [0.1, 0.15) is 322 Å². The van der Waals surface area contributed by atoms with E-state index in [2.05, 4.69) is 43.5 Å². The van der Waals surface area contributed by atoms with E-state index >= 15 is 0 Å². The zero-order chi connectivity index (χ0) is 49.3. The first-order chi connectivity index (χ1) is 33.5. The number of amides is 1. The number of esters is 1. The SMILES string of the molecule is CCCCCCCC/C=C\CCCCCCCCCC(=O)OCCCCCCCCCCCCCC/C=C\CCCCCCCCCCC(=O)NC(CO)C(O)/C=C/CCCCCCCCCC. The maximum atomic E-state index is 12.4. The highest BCUT2D eigenvalue weighted by atomic mass is 16.5. The summed E-state index contributed by atoms with van der Waals surface area (Å²) in [7, 11) is 0. The number of rotatable bonds is 56. The molecule has 2 atom stereocenters. The van der Waals surface area contributed by atoms with Crippen LogP contribution in [0.3, 0.4) is 0 Å². The molecule has 6 nitrogen and oxygen atoms in total. The molecule has 0 aliphatic carbocycles. The van der Waals surface area contributed by atoms with E-state index in [1.54, 1.807) is 6.08 Å². The van der Waals surface area contributed by atoms with Crippen molar-refractivity contribution in [1.29, 1.82) is 0 Å². The van der Waals surface area contributed by atoms with Gasteiger partial charge >= 0.3 is 5.97 Å². The summed E-state index contributed by atoms with van der Waals surface area (Å²) >= 11 is 0. The maximum Gasteiger partial charge on any atom is 0.305 e. The van der Waals surface area contributed by atoms with Crippen molar-refractivity contribution in [2.45, 2.75) is 334 Å². The molecule has 0 heterocycles. The molecule has 0 aromatic heterocycles. The number of nitrogens with one attached hydrogen (secondary N) is 1. The lowest BCUT2D eigenvalue weighted by molar-refractivity contribution is -0.143. The Balaban J connectivity index is 3.39. The zero-order valence-electron chi connectivity index (χ0n) is 45.6. The molecule has 2 unspecified atom stereocenters. The highest BCUT2D eigenvalue weighted by Gasteiger charge is 2.18. The summed E-state index contributed by atoms with van der Waals surface area (Å²) in [4.78, 5) is 24.5. The van der Waals surface area contributed by atoms with Gasteiger partial charge in [-0.2, -0.15) is 0 Å². The van der Waals surface area contributed by atoms with Gasteiger partial charge in [0, 0.05) is 12.8 Å². The van der Waals surface area contributed by atoms with Crippen LogP contribution >= 0.6 is 0 Å². The Bertz CT molecular complexity index is 1100. The van der Waals surface area contributed by atoms with Crippen molar-refractivity contribution >= 4 is 11.9 Å². The summed E-state index contributed by atoms with van der Waals surface area (Å²) in [5, 5.41) is 23.0. The monoisotopic (exact) mass is 956 g/mol. The van der Waals surface area contributed by atoms with Gasteiger partial charge in [-0.05, 0) is 83.5 Å². The van der Waals surface area contributed by atoms with Crippen molar-refractivity contribution < 1.29 is 24.5 Å². The minimum Gasteiger partial charge on any atom is -0.466 e. The van der Waals surface area contributed by atoms with Crippen LogP contribution in [0, 0.1) is 0 Å². The number of allylic oxidation sites excluding steroid dienone is 5. The van der Waals surface area contributed by atoms with Crippen LogP contribution in [0.25, 0.3) is 0 Å². The standard InChI is InChI=1S/C62H117NO5/c1-3-5-7-9-11-13-15-16-17-26-30-33-36-40-44-48-52-56-62(67)68-57-53-49-45-41-37-34-31-28-25-23-21-19-18-20-22-24-27-29-32-35-39-43-47-51-55-61(66)63-59(58-64)60(65)54-50-46-42-38-14-12-10-8-6-4-2/h16-17,20,22,50,54,59-60,64-65H,3-15,18-19,21,23-49,51-53,55-58H2,1-2H3,(H,63,66)/b17-16-,22-20-,54-50+. The predicted octanol–water partition coefficient (Wildman–Crippen LogP) is 18.8. The van der Waals surface area contributed by atoms with Gasteiger partial charge in [-0.1, -0.05) is 262 Å². The molecule has 0 aliphatic rings. The van der Waals surface area contributed by atoms with Gasteiger partial charge in [0.15, 0.2) is 0 Å². The fourth-order valence-corrected chi connectivity index (χ4v) is 9.21. The third-order valence-corrected chi connectivity index (χ3v) is 13.9. The van der Waals surface area contributed by atoms with Gasteiger partial charge in [0.2, 0.25) is 5.91 Å². The van der Waals surface area contributed by atoms with Crippen molar-refractivity contribution in [3.05, 3.63) is 36.5 Å². The van der Waals surface area contributed by atoms with E-state index in [4.69, 9.17) is 4.74 Å². The second-order valence-electron chi connectivity index (χ2n) is 20.7. The summed E-state index contributed by atoms with van der Waals surface area (Å²) in [5.41, 5.74) is 0. The number of hydrogen-bond acceptors (Lipinski definition) is 5. The molecule has 1 amide bonds. The summed E-state index contributed by atoms with van der Waals surface area (Å²) in [6.45, 7) is 4.88. The minimum absolute atomic E-state index is 0.00847. The van der Waals surface area contributed by atoms with Gasteiger partial charge in [-0.3, -0.25) is 9.59 Å². The van der Waals surface area contributed by atoms with Gasteiger partial charge in [-0.25, -0.2) is 0 Å². The summed E-state index contributed by atoms with van der Waals surface area (Å²) in [6, 6.07) is -0.629. The van der Waals surface area contributed by atoms with Crippen LogP contribution in [-0.4, -0.2) is 47.4 Å². The second kappa shape index (κ2) is 57.7. The Morgan fingerprint density at radius 3 is 1.04 bits per heavy atom. The summed E-state index contributed by atoms with van der Waals surface area (Å²) in [6.07, 6.45) is 71.9. The summed E-state index contributed by atoms with van der Waals surface area (Å²) in [5.74, 6) is -0.0659. The molecule has 6 heteroatoms. The molecule has 0 spiro atoms. The Labute approximate surface area is 424 Å². The Morgan fingerprint density at radius 2 is 0.691 bits per heavy atom. The van der Waals surface area contributed by atoms with Crippen molar-refractivity contribution in [1.82, 2.24) is 5.32 Å². The first kappa shape index (κ1) is 66.1. The van der Waals surface area contributed by atoms with Crippen LogP contribution in [0.5, 0.6) is 0 Å². The highest BCUT2D eigenvalue weighted by molar-refractivity contribution is 5.76. The molecule has 0 fully saturated rings. The Kier molecular flexibility index (Phi) is 56.0. The number of aliphatic hydroxyl groups excluding tert-OH is 2. The number of ether oxygens (including phenoxy) is 1. The topological polar surface area (TPSA) is 95.9 Å². The molecule has 0 saturated heterocycles. The van der Waals surface area contributed by atoms with Crippen molar-refractivity contribution in [3.63, 3.8) is 0 Å². The molecular weight excluding hydrogens is 839 g/mol. The van der Waals surface area contributed by atoms with Crippen molar-refractivity contribution in [2.24, 2.45) is 0 Å². The third kappa shape index (κ3) is 53.4. The quantitative estimate of drug-likeness (QED) is 0.0321. The molecule has 0 bridgehead atoms. The van der Waals surface area contributed by atoms with Crippen LogP contribution in [0.15, 0.2) is 36.5 Å². The molecule has 400 valence electrons. The molecule has 0 aromatic rings. The number of carbonyl (C=O) groups is 2. The van der Waals surface area contributed by atoms with Gasteiger partial charge in [0.1, 0.15) is 0 Å². The third-order valence-electron chi connectivity index (χ3n) is 13.9. The normalized spacial score (nSPS) is 12.8. The van der Waals surface area contributed by atoms with E-state index in [0.717, 1.165) is 44.9 Å². The van der Waals surface area contributed by atoms with Crippen LogP contribution in [-0.2, 0) is 14.3 Å². The lowest BCUT2D eigenvalue weighted by Crippen LogP contribution is -2.45. The van der Waals surface area contributed by atoms with Crippen molar-refractivity contribution in [3.8, 4) is 0 Å². The highest BCUT2D eigenvalue weighted by Crippen LogP contribution is 2.16. The van der Waals surface area contributed by atoms with Crippen molar-refractivity contribution in [2.75, 3.05) is 13.2 Å². The Hall–Kier alpha value is -1.92. The second-order valence-corrected chi connectivity index (χ2v) is 20.7. The van der Waals surface area contributed by atoms with E-state index in [1.165, 1.54) is 250 Å². The molecule has 0 saturated carbocycles. The average Bonchev–Trinajstić information content (AvgIpc) is 3.34. The summed E-state index contributed by atoms with van der Waals surface area (Å²) < 4.78 is 5.49. The average molecular weight is 957 g/mol. The number of unbranched alkanes of at least 4 members (excludes halogenated alkanes) is 41. The van der Waals surface area contributed by atoms with Crippen LogP contribution < -0.4 is 5.32 Å². The number of carbonyl (C=O) groups excluding carboxylic acids is 2. The lowest BCUT2D eigenvalue weighted by atomic mass is 10.0. The van der Waals surface area contributed by atoms with E-state index in [1.807, 2.05) is 6.08 Å². The minimum atomic E-state index is -0.845. The van der Waals surface area contributed by atoms with Crippen LogP contribution in [0.2, 0.25) is 0 Å².